The molecule has 0 aliphatic rings. The van der Waals surface area contributed by atoms with Gasteiger partial charge in [-0.2, -0.15) is 0 Å². The van der Waals surface area contributed by atoms with Gasteiger partial charge in [0.25, 0.3) is 6.43 Å². The number of halogens is 4. The number of amides is 1. The monoisotopic (exact) mass is 361 g/mol. The van der Waals surface area contributed by atoms with Crippen LogP contribution in [0, 0.1) is 12.7 Å². The normalized spacial score (nSPS) is 13.7. The van der Waals surface area contributed by atoms with Gasteiger partial charge in [-0.25, -0.2) is 22.4 Å². The Bertz CT molecular complexity index is 739. The van der Waals surface area contributed by atoms with Crippen molar-refractivity contribution < 1.29 is 31.9 Å². The summed E-state index contributed by atoms with van der Waals surface area (Å²) in [6.07, 6.45) is -7.76. The second-order valence-corrected chi connectivity index (χ2v) is 5.33. The molecule has 0 aliphatic carbocycles. The average molecular weight is 361 g/mol. The van der Waals surface area contributed by atoms with E-state index in [1.165, 1.54) is 13.0 Å². The predicted octanol–water partition coefficient (Wildman–Crippen LogP) is 3.21. The van der Waals surface area contributed by atoms with E-state index in [2.05, 4.69) is 15.5 Å². The van der Waals surface area contributed by atoms with Crippen LogP contribution in [0.25, 0.3) is 0 Å². The number of aryl methyl sites for hydroxylation is 1. The second-order valence-electron chi connectivity index (χ2n) is 5.33. The Kier molecular flexibility index (Phi) is 5.94. The van der Waals surface area contributed by atoms with Crippen LogP contribution in [-0.4, -0.2) is 34.0 Å². The third-order valence-electron chi connectivity index (χ3n) is 3.38. The van der Waals surface area contributed by atoms with E-state index in [9.17, 15) is 22.4 Å². The first kappa shape index (κ1) is 18.7. The van der Waals surface area contributed by atoms with Gasteiger partial charge < -0.3 is 14.8 Å². The van der Waals surface area contributed by atoms with Crippen molar-refractivity contribution in [2.24, 2.45) is 0 Å². The first-order valence-electron chi connectivity index (χ1n) is 7.25. The summed E-state index contributed by atoms with van der Waals surface area (Å²) < 4.78 is 57.2. The van der Waals surface area contributed by atoms with E-state index in [1.807, 2.05) is 0 Å². The first-order valence-corrected chi connectivity index (χ1v) is 7.25. The van der Waals surface area contributed by atoms with Crippen LogP contribution in [0.5, 0.6) is 0 Å². The van der Waals surface area contributed by atoms with Gasteiger partial charge in [-0.1, -0.05) is 12.1 Å². The fraction of sp³-hybridized carbons (Fsp3) is 0.400. The van der Waals surface area contributed by atoms with Gasteiger partial charge in [0.2, 0.25) is 11.8 Å². The quantitative estimate of drug-likeness (QED) is 0.740. The van der Waals surface area contributed by atoms with Crippen LogP contribution >= 0.6 is 0 Å². The Morgan fingerprint density at radius 3 is 2.56 bits per heavy atom. The van der Waals surface area contributed by atoms with Gasteiger partial charge in [-0.05, 0) is 11.6 Å². The highest BCUT2D eigenvalue weighted by Crippen LogP contribution is 2.24. The molecule has 136 valence electrons. The molecule has 1 aromatic carbocycles. The molecule has 2 unspecified atom stereocenters. The van der Waals surface area contributed by atoms with Crippen molar-refractivity contribution in [2.75, 3.05) is 0 Å². The molecule has 6 nitrogen and oxygen atoms in total. The van der Waals surface area contributed by atoms with Gasteiger partial charge >= 0.3 is 6.09 Å². The van der Waals surface area contributed by atoms with E-state index in [0.717, 1.165) is 12.1 Å². The zero-order valence-corrected chi connectivity index (χ0v) is 13.0. The maximum absolute atomic E-state index is 14.1. The van der Waals surface area contributed by atoms with Crippen molar-refractivity contribution in [3.05, 3.63) is 46.9 Å². The second kappa shape index (κ2) is 7.95. The molecule has 0 radical (unpaired) electrons. The molecule has 1 heterocycles. The molecule has 2 rings (SSSR count). The van der Waals surface area contributed by atoms with Crippen LogP contribution in [0.4, 0.5) is 22.4 Å². The summed E-state index contributed by atoms with van der Waals surface area (Å²) in [5.74, 6) is -0.460. The molecule has 0 aliphatic heterocycles. The minimum Gasteiger partial charge on any atom is -0.465 e. The summed E-state index contributed by atoms with van der Waals surface area (Å²) in [4.78, 5) is 11.0. The summed E-state index contributed by atoms with van der Waals surface area (Å²) in [7, 11) is 0. The number of alkyl halides is 3. The Morgan fingerprint density at radius 1 is 1.28 bits per heavy atom. The molecule has 0 bridgehead atoms. The van der Waals surface area contributed by atoms with Gasteiger partial charge in [0.05, 0.1) is 12.5 Å². The summed E-state index contributed by atoms with van der Waals surface area (Å²) in [5, 5.41) is 18.4. The molecular weight excluding hydrogens is 346 g/mol. The SMILES string of the molecule is Cc1nnc(CC(NC(=O)O)c2cc(CC(F)C(F)F)ccc2F)o1. The van der Waals surface area contributed by atoms with E-state index in [0.29, 0.717) is 0 Å². The number of benzene rings is 1. The number of nitrogens with zero attached hydrogens (tertiary/aromatic N) is 2. The van der Waals surface area contributed by atoms with Crippen LogP contribution in [0.1, 0.15) is 29.0 Å². The minimum absolute atomic E-state index is 0.0667. The van der Waals surface area contributed by atoms with Gasteiger partial charge in [0.1, 0.15) is 5.82 Å². The third-order valence-corrected chi connectivity index (χ3v) is 3.38. The van der Waals surface area contributed by atoms with Crippen LogP contribution in [0.2, 0.25) is 0 Å². The van der Waals surface area contributed by atoms with Crippen molar-refractivity contribution in [3.8, 4) is 0 Å². The molecular formula is C15H15F4N3O3. The molecule has 2 aromatic rings. The van der Waals surface area contributed by atoms with Gasteiger partial charge in [-0.3, -0.25) is 0 Å². The fourth-order valence-electron chi connectivity index (χ4n) is 2.28. The van der Waals surface area contributed by atoms with Crippen LogP contribution < -0.4 is 5.32 Å². The maximum Gasteiger partial charge on any atom is 0.405 e. The lowest BCUT2D eigenvalue weighted by Crippen LogP contribution is -2.29. The number of hydrogen-bond acceptors (Lipinski definition) is 4. The predicted molar refractivity (Wildman–Crippen MR) is 77.6 cm³/mol. The highest BCUT2D eigenvalue weighted by Gasteiger charge is 2.24. The standard InChI is InChI=1S/C15H15F4N3O3/c1-7-21-22-13(25-7)6-12(20-15(23)24)9-4-8(2-3-10(9)16)5-11(17)14(18)19/h2-4,11-12,14,20H,5-6H2,1H3,(H,23,24). The summed E-state index contributed by atoms with van der Waals surface area (Å²) in [6.45, 7) is 1.53. The molecule has 2 atom stereocenters. The van der Waals surface area contributed by atoms with E-state index < -0.39 is 37.0 Å². The van der Waals surface area contributed by atoms with E-state index in [1.54, 1.807) is 0 Å². The molecule has 25 heavy (non-hydrogen) atoms. The molecule has 0 fully saturated rings. The third kappa shape index (κ3) is 5.16. The van der Waals surface area contributed by atoms with Crippen molar-refractivity contribution in [2.45, 2.75) is 38.4 Å². The number of hydrogen-bond donors (Lipinski definition) is 2. The number of aromatic nitrogens is 2. The maximum atomic E-state index is 14.1. The van der Waals surface area contributed by atoms with Crippen LogP contribution in [0.15, 0.2) is 22.6 Å². The highest BCUT2D eigenvalue weighted by atomic mass is 19.3. The summed E-state index contributed by atoms with van der Waals surface area (Å²) in [6, 6.07) is 2.18. The Balaban J connectivity index is 2.29. The smallest absolute Gasteiger partial charge is 0.405 e. The Hall–Kier alpha value is -2.65. The number of carboxylic acid groups (broad SMARTS) is 1. The van der Waals surface area contributed by atoms with Crippen molar-refractivity contribution in [1.29, 1.82) is 0 Å². The fourth-order valence-corrected chi connectivity index (χ4v) is 2.28. The average Bonchev–Trinajstić information content (AvgIpc) is 2.93. The van der Waals surface area contributed by atoms with Crippen molar-refractivity contribution in [1.82, 2.24) is 15.5 Å². The topological polar surface area (TPSA) is 88.2 Å². The molecule has 0 spiro atoms. The lowest BCUT2D eigenvalue weighted by Gasteiger charge is -2.18. The lowest BCUT2D eigenvalue weighted by atomic mass is 9.98. The van der Waals surface area contributed by atoms with E-state index in [4.69, 9.17) is 9.52 Å². The van der Waals surface area contributed by atoms with E-state index >= 15 is 0 Å². The summed E-state index contributed by atoms with van der Waals surface area (Å²) in [5.41, 5.74) is -0.0136. The molecule has 0 saturated carbocycles. The van der Waals surface area contributed by atoms with Crippen molar-refractivity contribution >= 4 is 6.09 Å². The molecule has 1 amide bonds. The zero-order valence-electron chi connectivity index (χ0n) is 13.0. The summed E-state index contributed by atoms with van der Waals surface area (Å²) >= 11 is 0. The van der Waals surface area contributed by atoms with Crippen LogP contribution in [0.3, 0.4) is 0 Å². The van der Waals surface area contributed by atoms with Gasteiger partial charge in [0.15, 0.2) is 6.17 Å². The lowest BCUT2D eigenvalue weighted by molar-refractivity contribution is 0.0503. The molecule has 2 N–H and O–H groups in total. The van der Waals surface area contributed by atoms with Crippen LogP contribution in [-0.2, 0) is 12.8 Å². The largest absolute Gasteiger partial charge is 0.465 e. The number of nitrogens with one attached hydrogen (secondary N) is 1. The molecule has 10 heteroatoms. The Labute approximate surface area is 139 Å². The minimum atomic E-state index is -3.16. The Morgan fingerprint density at radius 2 is 2.00 bits per heavy atom. The van der Waals surface area contributed by atoms with Crippen molar-refractivity contribution in [3.63, 3.8) is 0 Å². The molecule has 1 aromatic heterocycles. The number of carbonyl (C=O) groups is 1. The van der Waals surface area contributed by atoms with E-state index in [-0.39, 0.29) is 29.3 Å². The zero-order chi connectivity index (χ0) is 18.6. The highest BCUT2D eigenvalue weighted by molar-refractivity contribution is 5.65. The van der Waals surface area contributed by atoms with Gasteiger partial charge in [-0.15, -0.1) is 10.2 Å². The first-order chi connectivity index (χ1) is 11.8. The number of rotatable bonds is 7. The van der Waals surface area contributed by atoms with Gasteiger partial charge in [0, 0.05) is 18.9 Å². The molecule has 0 saturated heterocycles.